The highest BCUT2D eigenvalue weighted by atomic mass is 19.1. The smallest absolute Gasteiger partial charge is 0.143 e. The van der Waals surface area contributed by atoms with E-state index in [0.29, 0.717) is 12.1 Å². The second kappa shape index (κ2) is 7.80. The Morgan fingerprint density at radius 1 is 1.18 bits per heavy atom. The second-order valence-electron chi connectivity index (χ2n) is 7.35. The van der Waals surface area contributed by atoms with Gasteiger partial charge in [-0.25, -0.2) is 9.37 Å². The number of imidazole rings is 1. The van der Waals surface area contributed by atoms with E-state index in [1.165, 1.54) is 17.8 Å². The lowest BCUT2D eigenvalue weighted by atomic mass is 10.2. The lowest BCUT2D eigenvalue weighted by Crippen LogP contribution is -2.45. The Kier molecular flexibility index (Phi) is 5.22. The maximum absolute atomic E-state index is 13.6. The minimum absolute atomic E-state index is 0.0942. The summed E-state index contributed by atoms with van der Waals surface area (Å²) < 4.78 is 22.0. The highest BCUT2D eigenvalue weighted by Crippen LogP contribution is 2.33. The summed E-state index contributed by atoms with van der Waals surface area (Å²) >= 11 is 0. The Morgan fingerprint density at radius 3 is 2.79 bits per heavy atom. The lowest BCUT2D eigenvalue weighted by molar-refractivity contribution is 0.138. The van der Waals surface area contributed by atoms with Crippen molar-refractivity contribution in [2.24, 2.45) is 0 Å². The van der Waals surface area contributed by atoms with Crippen LogP contribution in [0, 0.1) is 5.82 Å². The average molecular weight is 382 g/mol. The van der Waals surface area contributed by atoms with E-state index in [4.69, 9.17) is 4.74 Å². The van der Waals surface area contributed by atoms with Crippen molar-refractivity contribution in [3.63, 3.8) is 0 Å². The molecule has 0 N–H and O–H groups in total. The van der Waals surface area contributed by atoms with Crippen molar-refractivity contribution in [1.82, 2.24) is 14.5 Å². The predicted octanol–water partition coefficient (Wildman–Crippen LogP) is 3.91. The average Bonchev–Trinajstić information content (AvgIpc) is 3.02. The number of hydrogen-bond donors (Lipinski definition) is 0. The van der Waals surface area contributed by atoms with Crippen LogP contribution in [0.25, 0.3) is 11.0 Å². The molecule has 4 rings (SSSR count). The standard InChI is InChI=1S/C22H27FN4O/c1-4-26-14-17(28-21-9-7-6-8-20(21)26)13-25(3)15-22-24-18-12-16(23)10-11-19(18)27(22)5-2/h6-12,17H,4-5,13-15H2,1-3H3. The van der Waals surface area contributed by atoms with Crippen molar-refractivity contribution >= 4 is 16.7 Å². The number of para-hydroxylation sites is 2. The van der Waals surface area contributed by atoms with Gasteiger partial charge >= 0.3 is 0 Å². The Morgan fingerprint density at radius 2 is 2.00 bits per heavy atom. The fourth-order valence-electron chi connectivity index (χ4n) is 4.05. The first kappa shape index (κ1) is 18.7. The number of benzene rings is 2. The third kappa shape index (κ3) is 3.56. The van der Waals surface area contributed by atoms with E-state index >= 15 is 0 Å². The van der Waals surface area contributed by atoms with Gasteiger partial charge in [0.1, 0.15) is 23.5 Å². The summed E-state index contributed by atoms with van der Waals surface area (Å²) in [4.78, 5) is 9.27. The molecule has 1 aliphatic rings. The van der Waals surface area contributed by atoms with E-state index < -0.39 is 0 Å². The molecule has 0 saturated heterocycles. The van der Waals surface area contributed by atoms with Crippen LogP contribution in [0.2, 0.25) is 0 Å². The maximum Gasteiger partial charge on any atom is 0.143 e. The number of rotatable bonds is 6. The molecule has 3 aromatic rings. The molecule has 0 amide bonds. The van der Waals surface area contributed by atoms with Gasteiger partial charge in [-0.15, -0.1) is 0 Å². The first-order valence-electron chi connectivity index (χ1n) is 9.92. The number of hydrogen-bond acceptors (Lipinski definition) is 4. The maximum atomic E-state index is 13.6. The number of anilines is 1. The summed E-state index contributed by atoms with van der Waals surface area (Å²) in [6, 6.07) is 13.0. The SMILES string of the molecule is CCN1CC(CN(C)Cc2nc3cc(F)ccc3n2CC)Oc2ccccc21. The summed E-state index contributed by atoms with van der Waals surface area (Å²) in [7, 11) is 2.08. The van der Waals surface area contributed by atoms with E-state index in [-0.39, 0.29) is 11.9 Å². The third-order valence-electron chi connectivity index (χ3n) is 5.34. The molecule has 1 atom stereocenters. The van der Waals surface area contributed by atoms with Gasteiger partial charge in [0.25, 0.3) is 0 Å². The number of fused-ring (bicyclic) bond motifs is 2. The Hall–Kier alpha value is -2.60. The van der Waals surface area contributed by atoms with Crippen LogP contribution in [-0.4, -0.2) is 47.2 Å². The molecule has 1 aliphatic heterocycles. The van der Waals surface area contributed by atoms with Gasteiger partial charge in [0.2, 0.25) is 0 Å². The number of likely N-dealkylation sites (N-methyl/N-ethyl adjacent to an activating group) is 2. The van der Waals surface area contributed by atoms with Crippen LogP contribution in [0.3, 0.4) is 0 Å². The fraction of sp³-hybridized carbons (Fsp3) is 0.409. The van der Waals surface area contributed by atoms with Crippen molar-refractivity contribution < 1.29 is 9.13 Å². The normalized spacial score (nSPS) is 16.5. The molecule has 28 heavy (non-hydrogen) atoms. The molecule has 2 aromatic carbocycles. The van der Waals surface area contributed by atoms with E-state index in [0.717, 1.165) is 43.3 Å². The second-order valence-corrected chi connectivity index (χ2v) is 7.35. The molecule has 0 aliphatic carbocycles. The van der Waals surface area contributed by atoms with Gasteiger partial charge in [-0.2, -0.15) is 0 Å². The van der Waals surface area contributed by atoms with Gasteiger partial charge in [-0.1, -0.05) is 12.1 Å². The zero-order chi connectivity index (χ0) is 19.7. The molecule has 0 saturated carbocycles. The van der Waals surface area contributed by atoms with Gasteiger partial charge in [0.15, 0.2) is 0 Å². The Balaban J connectivity index is 1.49. The largest absolute Gasteiger partial charge is 0.485 e. The first-order chi connectivity index (χ1) is 13.6. The predicted molar refractivity (Wildman–Crippen MR) is 110 cm³/mol. The summed E-state index contributed by atoms with van der Waals surface area (Å²) in [5.41, 5.74) is 2.86. The van der Waals surface area contributed by atoms with Crippen LogP contribution in [0.15, 0.2) is 42.5 Å². The van der Waals surface area contributed by atoms with E-state index in [1.54, 1.807) is 0 Å². The summed E-state index contributed by atoms with van der Waals surface area (Å²) in [5, 5.41) is 0. The quantitative estimate of drug-likeness (QED) is 0.647. The molecule has 1 aromatic heterocycles. The molecule has 148 valence electrons. The molecule has 0 spiro atoms. The van der Waals surface area contributed by atoms with Gasteiger partial charge < -0.3 is 14.2 Å². The summed E-state index contributed by atoms with van der Waals surface area (Å²) in [6.07, 6.45) is 0.0942. The van der Waals surface area contributed by atoms with Gasteiger partial charge in [-0.05, 0) is 45.2 Å². The van der Waals surface area contributed by atoms with Gasteiger partial charge in [-0.3, -0.25) is 4.90 Å². The van der Waals surface area contributed by atoms with Crippen molar-refractivity contribution in [3.05, 3.63) is 54.1 Å². The third-order valence-corrected chi connectivity index (χ3v) is 5.34. The fourth-order valence-corrected chi connectivity index (χ4v) is 4.05. The minimum atomic E-state index is -0.248. The van der Waals surface area contributed by atoms with Crippen LogP contribution >= 0.6 is 0 Å². The van der Waals surface area contributed by atoms with Crippen molar-refractivity contribution in [2.45, 2.75) is 33.0 Å². The summed E-state index contributed by atoms with van der Waals surface area (Å²) in [5.74, 6) is 1.65. The van der Waals surface area contributed by atoms with Crippen LogP contribution in [-0.2, 0) is 13.1 Å². The van der Waals surface area contributed by atoms with Crippen molar-refractivity contribution in [2.75, 3.05) is 31.6 Å². The van der Waals surface area contributed by atoms with Crippen LogP contribution < -0.4 is 9.64 Å². The molecular formula is C22H27FN4O. The monoisotopic (exact) mass is 382 g/mol. The van der Waals surface area contributed by atoms with E-state index in [1.807, 2.05) is 18.2 Å². The Labute approximate surface area is 165 Å². The van der Waals surface area contributed by atoms with Gasteiger partial charge in [0, 0.05) is 25.7 Å². The highest BCUT2D eigenvalue weighted by molar-refractivity contribution is 5.76. The van der Waals surface area contributed by atoms with Crippen LogP contribution in [0.4, 0.5) is 10.1 Å². The van der Waals surface area contributed by atoms with Crippen molar-refractivity contribution in [1.29, 1.82) is 0 Å². The van der Waals surface area contributed by atoms with E-state index in [2.05, 4.69) is 52.4 Å². The molecule has 2 heterocycles. The van der Waals surface area contributed by atoms with Gasteiger partial charge in [0.05, 0.1) is 29.8 Å². The lowest BCUT2D eigenvalue weighted by Gasteiger charge is -2.37. The molecular weight excluding hydrogens is 355 g/mol. The first-order valence-corrected chi connectivity index (χ1v) is 9.92. The summed E-state index contributed by atoms with van der Waals surface area (Å²) in [6.45, 7) is 8.39. The number of nitrogens with zero attached hydrogens (tertiary/aromatic N) is 4. The minimum Gasteiger partial charge on any atom is -0.485 e. The molecule has 0 bridgehead atoms. The molecule has 0 radical (unpaired) electrons. The molecule has 1 unspecified atom stereocenters. The Bertz CT molecular complexity index is 970. The number of aryl methyl sites for hydroxylation is 1. The number of halogens is 1. The molecule has 6 heteroatoms. The molecule has 5 nitrogen and oxygen atoms in total. The van der Waals surface area contributed by atoms with Crippen LogP contribution in [0.5, 0.6) is 5.75 Å². The molecule has 0 fully saturated rings. The zero-order valence-electron chi connectivity index (χ0n) is 16.7. The van der Waals surface area contributed by atoms with Crippen molar-refractivity contribution in [3.8, 4) is 5.75 Å². The van der Waals surface area contributed by atoms with Crippen LogP contribution in [0.1, 0.15) is 19.7 Å². The topological polar surface area (TPSA) is 33.5 Å². The number of aromatic nitrogens is 2. The number of ether oxygens (including phenoxy) is 1. The zero-order valence-corrected chi connectivity index (χ0v) is 16.7. The highest BCUT2D eigenvalue weighted by Gasteiger charge is 2.26. The van der Waals surface area contributed by atoms with E-state index in [9.17, 15) is 4.39 Å².